The van der Waals surface area contributed by atoms with Gasteiger partial charge < -0.3 is 25.0 Å². The molecule has 1 heterocycles. The van der Waals surface area contributed by atoms with E-state index in [1.54, 1.807) is 24.3 Å². The minimum absolute atomic E-state index is 0.0489. The van der Waals surface area contributed by atoms with Crippen LogP contribution in [0.15, 0.2) is 42.5 Å². The zero-order valence-electron chi connectivity index (χ0n) is 17.2. The van der Waals surface area contributed by atoms with E-state index in [1.807, 2.05) is 0 Å². The van der Waals surface area contributed by atoms with Crippen LogP contribution in [0.4, 0.5) is 15.8 Å². The van der Waals surface area contributed by atoms with Gasteiger partial charge in [0.1, 0.15) is 5.82 Å². The molecular weight excluding hydrogens is 405 g/mol. The Balaban J connectivity index is 1.61. The number of carbonyl (C=O) groups excluding carboxylic acids is 3. The van der Waals surface area contributed by atoms with Gasteiger partial charge in [0.05, 0.1) is 44.5 Å². The largest absolute Gasteiger partial charge is 0.465 e. The summed E-state index contributed by atoms with van der Waals surface area (Å²) in [7, 11) is 1.27. The van der Waals surface area contributed by atoms with E-state index in [2.05, 4.69) is 15.5 Å². The van der Waals surface area contributed by atoms with Crippen molar-refractivity contribution in [1.82, 2.24) is 5.32 Å². The van der Waals surface area contributed by atoms with Crippen molar-refractivity contribution in [2.75, 3.05) is 50.2 Å². The predicted molar refractivity (Wildman–Crippen MR) is 113 cm³/mol. The third-order valence-corrected chi connectivity index (χ3v) is 4.76. The molecule has 0 unspecified atom stereocenters. The number of hydrogen-bond acceptors (Lipinski definition) is 6. The number of nitrogens with one attached hydrogen (secondary N) is 2. The molecule has 1 aliphatic heterocycles. The molecule has 2 aromatic carbocycles. The van der Waals surface area contributed by atoms with Crippen LogP contribution in [0, 0.1) is 5.82 Å². The van der Waals surface area contributed by atoms with Gasteiger partial charge in [-0.3, -0.25) is 9.59 Å². The van der Waals surface area contributed by atoms with Crippen molar-refractivity contribution in [3.63, 3.8) is 0 Å². The van der Waals surface area contributed by atoms with Crippen LogP contribution in [0.5, 0.6) is 0 Å². The summed E-state index contributed by atoms with van der Waals surface area (Å²) >= 11 is 0. The Morgan fingerprint density at radius 1 is 1.10 bits per heavy atom. The zero-order valence-corrected chi connectivity index (χ0v) is 17.2. The summed E-state index contributed by atoms with van der Waals surface area (Å²) in [5, 5.41) is 5.11. The number of esters is 1. The number of ether oxygens (including phenoxy) is 2. The molecule has 2 N–H and O–H groups in total. The molecule has 1 saturated heterocycles. The maximum atomic E-state index is 13.2. The van der Waals surface area contributed by atoms with Crippen LogP contribution in [-0.2, 0) is 25.5 Å². The first kappa shape index (κ1) is 22.2. The first-order valence-corrected chi connectivity index (χ1v) is 9.82. The van der Waals surface area contributed by atoms with E-state index in [-0.39, 0.29) is 24.2 Å². The maximum absolute atomic E-state index is 13.2. The molecular formula is C22H24FN3O5. The van der Waals surface area contributed by atoms with E-state index in [0.717, 1.165) is 5.69 Å². The standard InChI is InChI=1S/C22H24FN3O5/c1-30-22(29)18-13-17(26-7-9-31-10-8-26)5-6-19(18)25-21(28)14-24-20(27)12-15-3-2-4-16(23)11-15/h2-6,11,13H,7-10,12,14H2,1H3,(H,24,27)(H,25,28). The van der Waals surface area contributed by atoms with Gasteiger partial charge in [-0.2, -0.15) is 0 Å². The van der Waals surface area contributed by atoms with E-state index in [9.17, 15) is 18.8 Å². The van der Waals surface area contributed by atoms with Gasteiger partial charge in [-0.1, -0.05) is 12.1 Å². The van der Waals surface area contributed by atoms with Gasteiger partial charge in [0.25, 0.3) is 0 Å². The molecule has 2 amide bonds. The summed E-state index contributed by atoms with van der Waals surface area (Å²) in [6, 6.07) is 10.8. The minimum Gasteiger partial charge on any atom is -0.465 e. The summed E-state index contributed by atoms with van der Waals surface area (Å²) < 4.78 is 23.4. The SMILES string of the molecule is COC(=O)c1cc(N2CCOCC2)ccc1NC(=O)CNC(=O)Cc1cccc(F)c1. The molecule has 0 aromatic heterocycles. The number of methoxy groups -OCH3 is 1. The Labute approximate surface area is 179 Å². The summed E-state index contributed by atoms with van der Waals surface area (Å²) in [5.41, 5.74) is 1.83. The van der Waals surface area contributed by atoms with Crippen molar-refractivity contribution in [2.24, 2.45) is 0 Å². The Bertz CT molecular complexity index is 960. The molecule has 0 aliphatic carbocycles. The smallest absolute Gasteiger partial charge is 0.340 e. The topological polar surface area (TPSA) is 97.0 Å². The highest BCUT2D eigenvalue weighted by Crippen LogP contribution is 2.25. The molecule has 0 saturated carbocycles. The van der Waals surface area contributed by atoms with Crippen LogP contribution in [0.1, 0.15) is 15.9 Å². The lowest BCUT2D eigenvalue weighted by molar-refractivity contribution is -0.123. The number of benzene rings is 2. The molecule has 0 radical (unpaired) electrons. The van der Waals surface area contributed by atoms with E-state index >= 15 is 0 Å². The van der Waals surface area contributed by atoms with E-state index in [4.69, 9.17) is 9.47 Å². The highest BCUT2D eigenvalue weighted by Gasteiger charge is 2.19. The first-order valence-electron chi connectivity index (χ1n) is 9.82. The van der Waals surface area contributed by atoms with Crippen LogP contribution >= 0.6 is 0 Å². The Kier molecular flexibility index (Phi) is 7.55. The molecule has 1 fully saturated rings. The number of morpholine rings is 1. The lowest BCUT2D eigenvalue weighted by Crippen LogP contribution is -2.36. The average Bonchev–Trinajstić information content (AvgIpc) is 2.78. The highest BCUT2D eigenvalue weighted by molar-refractivity contribution is 6.03. The van der Waals surface area contributed by atoms with Crippen LogP contribution in [-0.4, -0.2) is 57.7 Å². The summed E-state index contributed by atoms with van der Waals surface area (Å²) in [4.78, 5) is 38.6. The molecule has 164 valence electrons. The first-order chi connectivity index (χ1) is 15.0. The zero-order chi connectivity index (χ0) is 22.2. The van der Waals surface area contributed by atoms with Gasteiger partial charge in [-0.05, 0) is 35.9 Å². The van der Waals surface area contributed by atoms with Crippen LogP contribution in [0.2, 0.25) is 0 Å². The lowest BCUT2D eigenvalue weighted by Gasteiger charge is -2.29. The van der Waals surface area contributed by atoms with E-state index < -0.39 is 23.6 Å². The molecule has 3 rings (SSSR count). The van der Waals surface area contributed by atoms with Gasteiger partial charge in [0.2, 0.25) is 11.8 Å². The van der Waals surface area contributed by atoms with Crippen molar-refractivity contribution in [1.29, 1.82) is 0 Å². The normalized spacial score (nSPS) is 13.4. The van der Waals surface area contributed by atoms with Crippen LogP contribution in [0.3, 0.4) is 0 Å². The molecule has 0 spiro atoms. The fraction of sp³-hybridized carbons (Fsp3) is 0.318. The van der Waals surface area contributed by atoms with E-state index in [1.165, 1.54) is 25.3 Å². The second kappa shape index (κ2) is 10.5. The quantitative estimate of drug-likeness (QED) is 0.651. The lowest BCUT2D eigenvalue weighted by atomic mass is 10.1. The van der Waals surface area contributed by atoms with Crippen LogP contribution in [0.25, 0.3) is 0 Å². The fourth-order valence-corrected chi connectivity index (χ4v) is 3.21. The minimum atomic E-state index is -0.583. The van der Waals surface area contributed by atoms with Crippen molar-refractivity contribution in [2.45, 2.75) is 6.42 Å². The van der Waals surface area contributed by atoms with Gasteiger partial charge in [0.15, 0.2) is 0 Å². The average molecular weight is 429 g/mol. The molecule has 2 aromatic rings. The Hall–Kier alpha value is -3.46. The molecule has 9 heteroatoms. The van der Waals surface area contributed by atoms with Crippen molar-refractivity contribution >= 4 is 29.2 Å². The third-order valence-electron chi connectivity index (χ3n) is 4.76. The number of rotatable bonds is 7. The number of anilines is 2. The van der Waals surface area contributed by atoms with Gasteiger partial charge in [-0.25, -0.2) is 9.18 Å². The second-order valence-electron chi connectivity index (χ2n) is 6.95. The number of hydrogen-bond donors (Lipinski definition) is 2. The van der Waals surface area contributed by atoms with Crippen molar-refractivity contribution in [3.05, 3.63) is 59.4 Å². The van der Waals surface area contributed by atoms with Gasteiger partial charge >= 0.3 is 5.97 Å². The summed E-state index contributed by atoms with van der Waals surface area (Å²) in [6.45, 7) is 2.30. The number of carbonyl (C=O) groups is 3. The van der Waals surface area contributed by atoms with Crippen molar-refractivity contribution < 1.29 is 28.2 Å². The summed E-state index contributed by atoms with van der Waals surface area (Å²) in [5.74, 6) is -1.94. The molecule has 8 nitrogen and oxygen atoms in total. The molecule has 0 atom stereocenters. The number of halogens is 1. The summed E-state index contributed by atoms with van der Waals surface area (Å²) in [6.07, 6.45) is -0.0489. The highest BCUT2D eigenvalue weighted by atomic mass is 19.1. The maximum Gasteiger partial charge on any atom is 0.340 e. The van der Waals surface area contributed by atoms with Gasteiger partial charge in [0, 0.05) is 18.8 Å². The second-order valence-corrected chi connectivity index (χ2v) is 6.95. The molecule has 31 heavy (non-hydrogen) atoms. The Morgan fingerprint density at radius 3 is 2.58 bits per heavy atom. The Morgan fingerprint density at radius 2 is 1.87 bits per heavy atom. The fourth-order valence-electron chi connectivity index (χ4n) is 3.21. The van der Waals surface area contributed by atoms with Crippen molar-refractivity contribution in [3.8, 4) is 0 Å². The number of nitrogens with zero attached hydrogens (tertiary/aromatic N) is 1. The monoisotopic (exact) mass is 429 g/mol. The third kappa shape index (κ3) is 6.26. The predicted octanol–water partition coefficient (Wildman–Crippen LogP) is 1.75. The molecule has 1 aliphatic rings. The van der Waals surface area contributed by atoms with Gasteiger partial charge in [-0.15, -0.1) is 0 Å². The molecule has 0 bridgehead atoms. The number of amides is 2. The van der Waals surface area contributed by atoms with Crippen LogP contribution < -0.4 is 15.5 Å². The van der Waals surface area contributed by atoms with E-state index in [0.29, 0.717) is 31.9 Å².